The van der Waals surface area contributed by atoms with Crippen molar-refractivity contribution in [2.24, 2.45) is 0 Å². The Bertz CT molecular complexity index is 625. The molecule has 1 aliphatic heterocycles. The van der Waals surface area contributed by atoms with E-state index < -0.39 is 0 Å². The van der Waals surface area contributed by atoms with Gasteiger partial charge in [0.15, 0.2) is 0 Å². The molecule has 2 aromatic carbocycles. The maximum absolute atomic E-state index is 5.88. The smallest absolute Gasteiger partial charge is 0.129 e. The summed E-state index contributed by atoms with van der Waals surface area (Å²) in [6.45, 7) is 2.15. The highest BCUT2D eigenvalue weighted by molar-refractivity contribution is 9.10. The molecule has 0 fully saturated rings. The van der Waals surface area contributed by atoms with Gasteiger partial charge >= 0.3 is 0 Å². The van der Waals surface area contributed by atoms with Crippen LogP contribution >= 0.6 is 15.9 Å². The Morgan fingerprint density at radius 1 is 1.24 bits per heavy atom. The first kappa shape index (κ1) is 14.4. The maximum atomic E-state index is 5.88. The fourth-order valence-electron chi connectivity index (χ4n) is 2.52. The van der Waals surface area contributed by atoms with Crippen molar-refractivity contribution >= 4 is 15.9 Å². The summed E-state index contributed by atoms with van der Waals surface area (Å²) in [5.74, 6) is 1.87. The third-order valence-corrected chi connectivity index (χ3v) is 3.98. The average molecular weight is 348 g/mol. The third-order valence-electron chi connectivity index (χ3n) is 3.52. The highest BCUT2D eigenvalue weighted by Gasteiger charge is 2.17. The summed E-state index contributed by atoms with van der Waals surface area (Å²) in [7, 11) is 1.94. The zero-order valence-electron chi connectivity index (χ0n) is 12.0. The quantitative estimate of drug-likeness (QED) is 0.894. The van der Waals surface area contributed by atoms with Gasteiger partial charge in [0.05, 0.1) is 6.61 Å². The zero-order chi connectivity index (χ0) is 14.7. The molecule has 1 N–H and O–H groups in total. The van der Waals surface area contributed by atoms with Crippen molar-refractivity contribution in [2.75, 3.05) is 13.7 Å². The number of benzene rings is 2. The number of fused-ring (bicyclic) bond motifs is 1. The third kappa shape index (κ3) is 3.39. The summed E-state index contributed by atoms with van der Waals surface area (Å²) in [5.41, 5.74) is 3.60. The number of hydrogen-bond acceptors (Lipinski definition) is 3. The highest BCUT2D eigenvalue weighted by Crippen LogP contribution is 2.33. The largest absolute Gasteiger partial charge is 0.493 e. The van der Waals surface area contributed by atoms with Gasteiger partial charge in [0.2, 0.25) is 0 Å². The first-order valence-electron chi connectivity index (χ1n) is 7.06. The topological polar surface area (TPSA) is 30.5 Å². The van der Waals surface area contributed by atoms with Gasteiger partial charge in [0.25, 0.3) is 0 Å². The summed E-state index contributed by atoms with van der Waals surface area (Å²) in [6, 6.07) is 12.4. The number of ether oxygens (including phenoxy) is 2. The SMILES string of the molecule is CNCc1ccc(OCc2cc(Br)cc3c2OCC3)cc1. The summed E-state index contributed by atoms with van der Waals surface area (Å²) >= 11 is 3.55. The molecule has 0 amide bonds. The van der Waals surface area contributed by atoms with Crippen LogP contribution in [-0.4, -0.2) is 13.7 Å². The van der Waals surface area contributed by atoms with Crippen LogP contribution in [0.4, 0.5) is 0 Å². The number of hydrogen-bond donors (Lipinski definition) is 1. The Morgan fingerprint density at radius 2 is 2.05 bits per heavy atom. The second-order valence-electron chi connectivity index (χ2n) is 5.11. The average Bonchev–Trinajstić information content (AvgIpc) is 2.94. The number of halogens is 1. The molecule has 0 bridgehead atoms. The summed E-state index contributed by atoms with van der Waals surface area (Å²) in [4.78, 5) is 0. The molecule has 0 radical (unpaired) electrons. The molecule has 0 unspecified atom stereocenters. The van der Waals surface area contributed by atoms with Gasteiger partial charge in [-0.05, 0) is 42.4 Å². The van der Waals surface area contributed by atoms with Crippen LogP contribution in [0.25, 0.3) is 0 Å². The van der Waals surface area contributed by atoms with Gasteiger partial charge in [-0.1, -0.05) is 28.1 Å². The number of nitrogens with one attached hydrogen (secondary N) is 1. The minimum absolute atomic E-state index is 0.521. The molecule has 0 saturated heterocycles. The van der Waals surface area contributed by atoms with Crippen molar-refractivity contribution in [1.29, 1.82) is 0 Å². The fourth-order valence-corrected chi connectivity index (χ4v) is 3.07. The lowest BCUT2D eigenvalue weighted by Gasteiger charge is -2.11. The lowest BCUT2D eigenvalue weighted by atomic mass is 10.1. The molecule has 2 aromatic rings. The van der Waals surface area contributed by atoms with E-state index in [2.05, 4.69) is 45.5 Å². The van der Waals surface area contributed by atoms with Crippen LogP contribution < -0.4 is 14.8 Å². The lowest BCUT2D eigenvalue weighted by molar-refractivity contribution is 0.291. The second-order valence-corrected chi connectivity index (χ2v) is 6.03. The summed E-state index contributed by atoms with van der Waals surface area (Å²) in [6.07, 6.45) is 0.973. The minimum atomic E-state index is 0.521. The van der Waals surface area contributed by atoms with Crippen LogP contribution in [0.15, 0.2) is 40.9 Å². The van der Waals surface area contributed by atoms with Gasteiger partial charge in [-0.2, -0.15) is 0 Å². The first-order valence-corrected chi connectivity index (χ1v) is 7.86. The van der Waals surface area contributed by atoms with Crippen LogP contribution in [0.2, 0.25) is 0 Å². The Balaban J connectivity index is 1.70. The second kappa shape index (κ2) is 6.50. The zero-order valence-corrected chi connectivity index (χ0v) is 13.6. The Labute approximate surface area is 133 Å². The molecule has 21 heavy (non-hydrogen) atoms. The molecule has 0 aromatic heterocycles. The monoisotopic (exact) mass is 347 g/mol. The van der Waals surface area contributed by atoms with E-state index in [0.717, 1.165) is 41.1 Å². The molecule has 4 heteroatoms. The van der Waals surface area contributed by atoms with E-state index in [0.29, 0.717) is 6.61 Å². The van der Waals surface area contributed by atoms with Crippen molar-refractivity contribution in [3.05, 3.63) is 57.6 Å². The van der Waals surface area contributed by atoms with Gasteiger partial charge in [-0.25, -0.2) is 0 Å². The first-order chi connectivity index (χ1) is 10.3. The van der Waals surface area contributed by atoms with Gasteiger partial charge in [0, 0.05) is 23.0 Å². The standard InChI is InChI=1S/C17H18BrNO2/c1-19-10-12-2-4-16(5-3-12)21-11-14-9-15(18)8-13-6-7-20-17(13)14/h2-5,8-9,19H,6-7,10-11H2,1H3. The maximum Gasteiger partial charge on any atom is 0.129 e. The van der Waals surface area contributed by atoms with E-state index >= 15 is 0 Å². The van der Waals surface area contributed by atoms with Crippen LogP contribution in [0, 0.1) is 0 Å². The van der Waals surface area contributed by atoms with Crippen LogP contribution in [0.1, 0.15) is 16.7 Å². The van der Waals surface area contributed by atoms with E-state index in [1.807, 2.05) is 19.2 Å². The Hall–Kier alpha value is -1.52. The van der Waals surface area contributed by atoms with Crippen molar-refractivity contribution in [3.63, 3.8) is 0 Å². The molecule has 110 valence electrons. The molecule has 3 nitrogen and oxygen atoms in total. The van der Waals surface area contributed by atoms with E-state index in [1.165, 1.54) is 11.1 Å². The van der Waals surface area contributed by atoms with E-state index in [-0.39, 0.29) is 0 Å². The molecule has 0 aliphatic carbocycles. The number of rotatable bonds is 5. The predicted molar refractivity (Wildman–Crippen MR) is 86.9 cm³/mol. The van der Waals surface area contributed by atoms with E-state index in [1.54, 1.807) is 0 Å². The van der Waals surface area contributed by atoms with Crippen molar-refractivity contribution in [1.82, 2.24) is 5.32 Å². The molecule has 1 heterocycles. The Morgan fingerprint density at radius 3 is 2.81 bits per heavy atom. The van der Waals surface area contributed by atoms with Crippen LogP contribution in [0.5, 0.6) is 11.5 Å². The normalized spacial score (nSPS) is 12.9. The van der Waals surface area contributed by atoms with Crippen LogP contribution in [0.3, 0.4) is 0 Å². The van der Waals surface area contributed by atoms with Gasteiger partial charge in [-0.3, -0.25) is 0 Å². The van der Waals surface area contributed by atoms with E-state index in [9.17, 15) is 0 Å². The van der Waals surface area contributed by atoms with E-state index in [4.69, 9.17) is 9.47 Å². The molecule has 0 atom stereocenters. The molecule has 1 aliphatic rings. The van der Waals surface area contributed by atoms with Crippen molar-refractivity contribution < 1.29 is 9.47 Å². The summed E-state index contributed by atoms with van der Waals surface area (Å²) in [5, 5.41) is 3.13. The summed E-state index contributed by atoms with van der Waals surface area (Å²) < 4.78 is 12.7. The Kier molecular flexibility index (Phi) is 4.46. The van der Waals surface area contributed by atoms with Crippen molar-refractivity contribution in [3.8, 4) is 11.5 Å². The lowest BCUT2D eigenvalue weighted by Crippen LogP contribution is -2.04. The van der Waals surface area contributed by atoms with Crippen LogP contribution in [-0.2, 0) is 19.6 Å². The minimum Gasteiger partial charge on any atom is -0.493 e. The fraction of sp³-hybridized carbons (Fsp3) is 0.294. The highest BCUT2D eigenvalue weighted by atomic mass is 79.9. The molecule has 0 saturated carbocycles. The molecular formula is C17H18BrNO2. The molecule has 0 spiro atoms. The predicted octanol–water partition coefficient (Wildman–Crippen LogP) is 3.68. The molecular weight excluding hydrogens is 330 g/mol. The van der Waals surface area contributed by atoms with Gasteiger partial charge in [0.1, 0.15) is 18.1 Å². The van der Waals surface area contributed by atoms with Gasteiger partial charge < -0.3 is 14.8 Å². The van der Waals surface area contributed by atoms with Crippen molar-refractivity contribution in [2.45, 2.75) is 19.6 Å². The molecule has 3 rings (SSSR count). The van der Waals surface area contributed by atoms with Gasteiger partial charge in [-0.15, -0.1) is 0 Å².